The second kappa shape index (κ2) is 11.3. The first-order valence-corrected chi connectivity index (χ1v) is 12.5. The third-order valence-corrected chi connectivity index (χ3v) is 6.96. The number of carboxylic acid groups (broad SMARTS) is 1. The topological polar surface area (TPSA) is 153 Å². The number of aromatic nitrogens is 2. The number of benzene rings is 2. The predicted molar refractivity (Wildman–Crippen MR) is 143 cm³/mol. The first-order valence-electron chi connectivity index (χ1n) is 12.5. The number of carbonyl (C=O) groups is 3. The Hall–Kier alpha value is -4.11. The van der Waals surface area contributed by atoms with E-state index < -0.39 is 35.9 Å². The van der Waals surface area contributed by atoms with Crippen LogP contribution in [0.1, 0.15) is 31.4 Å². The Bertz CT molecular complexity index is 1410. The monoisotopic (exact) mass is 503 g/mol. The summed E-state index contributed by atoms with van der Waals surface area (Å²) in [5.41, 5.74) is 9.86. The van der Waals surface area contributed by atoms with Gasteiger partial charge in [0.2, 0.25) is 11.8 Å². The number of carbonyl (C=O) groups excluding carboxylic acids is 2. The molecule has 0 saturated heterocycles. The molecule has 37 heavy (non-hydrogen) atoms. The highest BCUT2D eigenvalue weighted by Gasteiger charge is 2.31. The van der Waals surface area contributed by atoms with Gasteiger partial charge >= 0.3 is 5.97 Å². The highest BCUT2D eigenvalue weighted by Crippen LogP contribution is 2.21. The molecule has 2 amide bonds. The van der Waals surface area contributed by atoms with Gasteiger partial charge in [-0.15, -0.1) is 0 Å². The van der Waals surface area contributed by atoms with Crippen LogP contribution in [0.3, 0.4) is 0 Å². The molecule has 4 unspecified atom stereocenters. The van der Waals surface area contributed by atoms with Crippen LogP contribution in [0.4, 0.5) is 0 Å². The lowest BCUT2D eigenvalue weighted by molar-refractivity contribution is -0.143. The van der Waals surface area contributed by atoms with E-state index >= 15 is 0 Å². The van der Waals surface area contributed by atoms with Crippen molar-refractivity contribution in [2.75, 3.05) is 0 Å². The molecule has 9 heteroatoms. The van der Waals surface area contributed by atoms with Gasteiger partial charge < -0.3 is 31.4 Å². The number of carboxylic acids is 1. The van der Waals surface area contributed by atoms with Gasteiger partial charge in [-0.3, -0.25) is 9.59 Å². The van der Waals surface area contributed by atoms with Gasteiger partial charge in [-0.25, -0.2) is 4.79 Å². The Labute approximate surface area is 214 Å². The maximum absolute atomic E-state index is 13.3. The number of hydrogen-bond acceptors (Lipinski definition) is 4. The van der Waals surface area contributed by atoms with E-state index in [1.807, 2.05) is 61.7 Å². The van der Waals surface area contributed by atoms with Gasteiger partial charge in [-0.1, -0.05) is 56.7 Å². The normalized spacial score (nSPS) is 14.7. The number of amides is 2. The molecule has 0 aliphatic carbocycles. The second-order valence-electron chi connectivity index (χ2n) is 9.50. The molecule has 0 bridgehead atoms. The minimum Gasteiger partial charge on any atom is -0.480 e. The van der Waals surface area contributed by atoms with Crippen molar-refractivity contribution in [1.29, 1.82) is 0 Å². The number of H-pyrrole nitrogens is 2. The fraction of sp³-hybridized carbons (Fsp3) is 0.321. The van der Waals surface area contributed by atoms with Crippen LogP contribution < -0.4 is 16.4 Å². The number of para-hydroxylation sites is 2. The number of fused-ring (bicyclic) bond motifs is 2. The largest absolute Gasteiger partial charge is 0.480 e. The van der Waals surface area contributed by atoms with Crippen LogP contribution in [0.25, 0.3) is 21.8 Å². The summed E-state index contributed by atoms with van der Waals surface area (Å²) in [5.74, 6) is -2.45. The van der Waals surface area contributed by atoms with Crippen molar-refractivity contribution < 1.29 is 19.5 Å². The van der Waals surface area contributed by atoms with Crippen molar-refractivity contribution in [2.24, 2.45) is 11.7 Å². The summed E-state index contributed by atoms with van der Waals surface area (Å²) in [6, 6.07) is 12.4. The van der Waals surface area contributed by atoms with Crippen LogP contribution >= 0.6 is 0 Å². The standard InChI is InChI=1S/C28H33N5O4/c1-3-16(2)25(28(36)37)33-27(35)24(13-18-15-31-23-11-7-5-9-20(18)23)32-26(34)21(29)12-17-14-30-22-10-6-4-8-19(17)22/h4-11,14-16,21,24-25,30-31H,3,12-13,29H2,1-2H3,(H,32,34)(H,33,35)(H,36,37). The number of aliphatic carboxylic acids is 1. The van der Waals surface area contributed by atoms with E-state index in [9.17, 15) is 19.5 Å². The minimum atomic E-state index is -1.11. The Morgan fingerprint density at radius 1 is 0.865 bits per heavy atom. The fourth-order valence-electron chi connectivity index (χ4n) is 4.58. The van der Waals surface area contributed by atoms with Crippen molar-refractivity contribution in [3.63, 3.8) is 0 Å². The number of nitrogens with two attached hydrogens (primary N) is 1. The lowest BCUT2D eigenvalue weighted by Gasteiger charge is -2.25. The van der Waals surface area contributed by atoms with Crippen LogP contribution in [0.15, 0.2) is 60.9 Å². The van der Waals surface area contributed by atoms with Crippen molar-refractivity contribution in [1.82, 2.24) is 20.6 Å². The molecule has 0 aliphatic heterocycles. The second-order valence-corrected chi connectivity index (χ2v) is 9.50. The number of hydrogen-bond donors (Lipinski definition) is 6. The van der Waals surface area contributed by atoms with Gasteiger partial charge in [0.15, 0.2) is 0 Å². The maximum Gasteiger partial charge on any atom is 0.326 e. The molecule has 4 aromatic rings. The summed E-state index contributed by atoms with van der Waals surface area (Å²) in [6.07, 6.45) is 4.66. The van der Waals surface area contributed by atoms with Gasteiger partial charge in [0, 0.05) is 40.6 Å². The molecule has 9 nitrogen and oxygen atoms in total. The molecule has 0 fully saturated rings. The molecule has 0 saturated carbocycles. The summed E-state index contributed by atoms with van der Waals surface area (Å²) in [5, 5.41) is 17.0. The molecule has 2 aromatic carbocycles. The Morgan fingerprint density at radius 3 is 1.95 bits per heavy atom. The molecule has 2 heterocycles. The minimum absolute atomic E-state index is 0.175. The van der Waals surface area contributed by atoms with Gasteiger partial charge in [-0.05, 0) is 35.6 Å². The summed E-state index contributed by atoms with van der Waals surface area (Å²) in [7, 11) is 0. The van der Waals surface area contributed by atoms with Crippen molar-refractivity contribution in [3.8, 4) is 0 Å². The third-order valence-electron chi connectivity index (χ3n) is 6.96. The van der Waals surface area contributed by atoms with Crippen LogP contribution in [-0.4, -0.2) is 51.0 Å². The molecular formula is C28H33N5O4. The quantitative estimate of drug-likeness (QED) is 0.186. The molecule has 0 radical (unpaired) electrons. The van der Waals surface area contributed by atoms with E-state index in [2.05, 4.69) is 20.6 Å². The lowest BCUT2D eigenvalue weighted by atomic mass is 9.97. The van der Waals surface area contributed by atoms with Crippen LogP contribution in [-0.2, 0) is 27.2 Å². The first kappa shape index (κ1) is 26.0. The third kappa shape index (κ3) is 5.83. The van der Waals surface area contributed by atoms with Gasteiger partial charge in [0.25, 0.3) is 0 Å². The molecule has 4 rings (SSSR count). The smallest absolute Gasteiger partial charge is 0.326 e. The highest BCUT2D eigenvalue weighted by molar-refractivity contribution is 5.93. The lowest BCUT2D eigenvalue weighted by Crippen LogP contribution is -2.56. The SMILES string of the molecule is CCC(C)C(NC(=O)C(Cc1c[nH]c2ccccc12)NC(=O)C(N)Cc1c[nH]c2ccccc12)C(=O)O. The van der Waals surface area contributed by atoms with Gasteiger partial charge in [0.1, 0.15) is 12.1 Å². The average Bonchev–Trinajstić information content (AvgIpc) is 3.50. The molecule has 194 valence electrons. The van der Waals surface area contributed by atoms with Gasteiger partial charge in [-0.2, -0.15) is 0 Å². The van der Waals surface area contributed by atoms with Crippen LogP contribution in [0.2, 0.25) is 0 Å². The fourth-order valence-corrected chi connectivity index (χ4v) is 4.58. The van der Waals surface area contributed by atoms with E-state index in [1.165, 1.54) is 0 Å². The number of aromatic amines is 2. The van der Waals surface area contributed by atoms with E-state index in [4.69, 9.17) is 5.73 Å². The maximum atomic E-state index is 13.3. The predicted octanol–water partition coefficient (Wildman–Crippen LogP) is 2.86. The summed E-state index contributed by atoms with van der Waals surface area (Å²) < 4.78 is 0. The Morgan fingerprint density at radius 2 is 1.41 bits per heavy atom. The van der Waals surface area contributed by atoms with E-state index in [1.54, 1.807) is 13.1 Å². The van der Waals surface area contributed by atoms with Crippen molar-refractivity contribution in [2.45, 2.75) is 51.2 Å². The zero-order chi connectivity index (χ0) is 26.5. The van der Waals surface area contributed by atoms with Crippen LogP contribution in [0.5, 0.6) is 0 Å². The molecule has 7 N–H and O–H groups in total. The highest BCUT2D eigenvalue weighted by atomic mass is 16.4. The van der Waals surface area contributed by atoms with Crippen molar-refractivity contribution in [3.05, 3.63) is 72.1 Å². The summed E-state index contributed by atoms with van der Waals surface area (Å²) in [4.78, 5) is 44.7. The summed E-state index contributed by atoms with van der Waals surface area (Å²) in [6.45, 7) is 3.63. The van der Waals surface area contributed by atoms with Crippen molar-refractivity contribution >= 4 is 39.6 Å². The average molecular weight is 504 g/mol. The van der Waals surface area contributed by atoms with E-state index in [-0.39, 0.29) is 18.8 Å². The number of rotatable bonds is 11. The van der Waals surface area contributed by atoms with E-state index in [0.717, 1.165) is 32.9 Å². The molecule has 0 aliphatic rings. The first-order chi connectivity index (χ1) is 17.8. The summed E-state index contributed by atoms with van der Waals surface area (Å²) >= 11 is 0. The molecule has 2 aromatic heterocycles. The Kier molecular flexibility index (Phi) is 7.93. The van der Waals surface area contributed by atoms with Gasteiger partial charge in [0.05, 0.1) is 6.04 Å². The Balaban J connectivity index is 1.54. The zero-order valence-corrected chi connectivity index (χ0v) is 21.0. The van der Waals surface area contributed by atoms with Crippen LogP contribution in [0, 0.1) is 5.92 Å². The molecule has 0 spiro atoms. The zero-order valence-electron chi connectivity index (χ0n) is 21.0. The molecule has 4 atom stereocenters. The molecular weight excluding hydrogens is 470 g/mol. The number of nitrogens with one attached hydrogen (secondary N) is 4. The van der Waals surface area contributed by atoms with E-state index in [0.29, 0.717) is 6.42 Å².